The van der Waals surface area contributed by atoms with E-state index in [9.17, 15) is 19.5 Å². The Bertz CT molecular complexity index is 1120. The van der Waals surface area contributed by atoms with Crippen molar-refractivity contribution < 1.29 is 29.0 Å². The minimum atomic E-state index is -0.911. The summed E-state index contributed by atoms with van der Waals surface area (Å²) in [5.41, 5.74) is 4.03. The maximum atomic E-state index is 13.2. The Balaban J connectivity index is 1.21. The van der Waals surface area contributed by atoms with Crippen LogP contribution in [0.15, 0.2) is 48.5 Å². The molecule has 184 valence electrons. The van der Waals surface area contributed by atoms with Gasteiger partial charge in [0.1, 0.15) is 6.61 Å². The molecule has 2 aromatic carbocycles. The molecule has 5 rings (SSSR count). The van der Waals surface area contributed by atoms with Gasteiger partial charge >= 0.3 is 12.1 Å². The highest BCUT2D eigenvalue weighted by molar-refractivity contribution is 5.85. The van der Waals surface area contributed by atoms with Crippen molar-refractivity contribution in [1.82, 2.24) is 10.2 Å². The molecule has 0 bridgehead atoms. The van der Waals surface area contributed by atoms with Crippen molar-refractivity contribution >= 4 is 18.0 Å². The number of amides is 2. The quantitative estimate of drug-likeness (QED) is 0.684. The number of hydrogen-bond donors (Lipinski definition) is 2. The van der Waals surface area contributed by atoms with Crippen molar-refractivity contribution in [2.24, 2.45) is 11.3 Å². The summed E-state index contributed by atoms with van der Waals surface area (Å²) in [6.45, 7) is 4.69. The minimum Gasteiger partial charge on any atom is -0.481 e. The van der Waals surface area contributed by atoms with Crippen molar-refractivity contribution in [2.75, 3.05) is 26.3 Å². The molecule has 1 unspecified atom stereocenters. The summed E-state index contributed by atoms with van der Waals surface area (Å²) in [6.07, 6.45) is -0.954. The summed E-state index contributed by atoms with van der Waals surface area (Å²) in [4.78, 5) is 39.0. The van der Waals surface area contributed by atoms with E-state index in [2.05, 4.69) is 29.6 Å². The van der Waals surface area contributed by atoms with Crippen molar-refractivity contribution in [3.63, 3.8) is 0 Å². The topological polar surface area (TPSA) is 105 Å². The molecule has 2 amide bonds. The third kappa shape index (κ3) is 4.27. The van der Waals surface area contributed by atoms with Crippen LogP contribution in [0.5, 0.6) is 0 Å². The highest BCUT2D eigenvalue weighted by Crippen LogP contribution is 2.44. The number of carbonyl (C=O) groups is 3. The maximum Gasteiger partial charge on any atom is 0.407 e. The van der Waals surface area contributed by atoms with E-state index in [-0.39, 0.29) is 25.0 Å². The number of nitrogens with zero attached hydrogens (tertiary/aromatic N) is 1. The first-order chi connectivity index (χ1) is 16.8. The van der Waals surface area contributed by atoms with Crippen LogP contribution < -0.4 is 5.32 Å². The Morgan fingerprint density at radius 2 is 1.71 bits per heavy atom. The zero-order valence-electron chi connectivity index (χ0n) is 19.9. The molecule has 0 radical (unpaired) electrons. The average Bonchev–Trinajstić information content (AvgIpc) is 3.51. The molecule has 2 heterocycles. The molecule has 2 aromatic rings. The minimum absolute atomic E-state index is 0.0507. The second-order valence-electron chi connectivity index (χ2n) is 10.3. The number of benzene rings is 2. The molecule has 2 aliphatic heterocycles. The van der Waals surface area contributed by atoms with Crippen LogP contribution in [0.3, 0.4) is 0 Å². The van der Waals surface area contributed by atoms with Gasteiger partial charge in [-0.05, 0) is 34.1 Å². The standard InChI is InChI=1S/C27H30N2O6/c1-27(2)15-29(13-21(27)25(31)32)24(30)23-22(11-12-34-23)28-26(33)35-14-20-18-9-5-3-7-16(18)17-8-4-6-10-19(17)20/h3-10,20-23H,11-15H2,1-2H3,(H,28,33)(H,31,32)/t21?,22-,23+/m0/s1. The van der Waals surface area contributed by atoms with Crippen molar-refractivity contribution in [2.45, 2.75) is 38.3 Å². The van der Waals surface area contributed by atoms with Crippen molar-refractivity contribution in [3.8, 4) is 11.1 Å². The van der Waals surface area contributed by atoms with Crippen LogP contribution in [0, 0.1) is 11.3 Å². The number of carboxylic acid groups (broad SMARTS) is 1. The summed E-state index contributed by atoms with van der Waals surface area (Å²) < 4.78 is 11.3. The lowest BCUT2D eigenvalue weighted by atomic mass is 9.82. The molecule has 0 spiro atoms. The lowest BCUT2D eigenvalue weighted by Crippen LogP contribution is -2.49. The largest absolute Gasteiger partial charge is 0.481 e. The molecule has 2 saturated heterocycles. The zero-order chi connectivity index (χ0) is 24.7. The number of aliphatic carboxylic acids is 1. The fourth-order valence-electron chi connectivity index (χ4n) is 5.67. The van der Waals surface area contributed by atoms with E-state index in [1.807, 2.05) is 38.1 Å². The van der Waals surface area contributed by atoms with Crippen LogP contribution in [-0.2, 0) is 19.1 Å². The Hall–Kier alpha value is -3.39. The molecule has 3 aliphatic rings. The number of rotatable bonds is 5. The number of ether oxygens (including phenoxy) is 2. The van der Waals surface area contributed by atoms with Gasteiger partial charge in [-0.2, -0.15) is 0 Å². The molecular formula is C27H30N2O6. The Morgan fingerprint density at radius 1 is 1.09 bits per heavy atom. The van der Waals surface area contributed by atoms with Gasteiger partial charge in [0.15, 0.2) is 6.10 Å². The Labute approximate surface area is 204 Å². The molecule has 3 atom stereocenters. The number of nitrogens with one attached hydrogen (secondary N) is 1. The van der Waals surface area contributed by atoms with E-state index in [0.29, 0.717) is 19.6 Å². The molecule has 8 nitrogen and oxygen atoms in total. The van der Waals surface area contributed by atoms with Gasteiger partial charge in [0.05, 0.1) is 12.0 Å². The van der Waals surface area contributed by atoms with Crippen LogP contribution in [0.25, 0.3) is 11.1 Å². The SMILES string of the molecule is CC1(C)CN(C(=O)[C@@H]2OCC[C@@H]2NC(=O)OCC2c3ccccc3-c3ccccc32)CC1C(=O)O. The van der Waals surface area contributed by atoms with Gasteiger partial charge in [0.25, 0.3) is 5.91 Å². The molecule has 2 fully saturated rings. The maximum absolute atomic E-state index is 13.2. The fourth-order valence-corrected chi connectivity index (χ4v) is 5.67. The summed E-state index contributed by atoms with van der Waals surface area (Å²) in [5.74, 6) is -1.89. The number of hydrogen-bond acceptors (Lipinski definition) is 5. The van der Waals surface area contributed by atoms with Gasteiger partial charge in [-0.3, -0.25) is 9.59 Å². The van der Waals surface area contributed by atoms with E-state index in [1.54, 1.807) is 4.90 Å². The van der Waals surface area contributed by atoms with Gasteiger partial charge in [0, 0.05) is 25.6 Å². The van der Waals surface area contributed by atoms with Gasteiger partial charge in [-0.15, -0.1) is 0 Å². The summed E-state index contributed by atoms with van der Waals surface area (Å²) in [7, 11) is 0. The number of likely N-dealkylation sites (tertiary alicyclic amines) is 1. The zero-order valence-corrected chi connectivity index (χ0v) is 19.9. The van der Waals surface area contributed by atoms with Crippen LogP contribution in [0.1, 0.15) is 37.3 Å². The van der Waals surface area contributed by atoms with Crippen LogP contribution in [0.4, 0.5) is 4.79 Å². The number of carbonyl (C=O) groups excluding carboxylic acids is 2. The Kier molecular flexibility index (Phi) is 6.01. The van der Waals surface area contributed by atoms with Gasteiger partial charge < -0.3 is 24.8 Å². The van der Waals surface area contributed by atoms with E-state index in [4.69, 9.17) is 9.47 Å². The number of alkyl carbamates (subject to hydrolysis) is 1. The Morgan fingerprint density at radius 3 is 2.31 bits per heavy atom. The van der Waals surface area contributed by atoms with Gasteiger partial charge in [-0.1, -0.05) is 62.4 Å². The van der Waals surface area contributed by atoms with E-state index in [1.165, 1.54) is 0 Å². The number of carboxylic acids is 1. The van der Waals surface area contributed by atoms with Gasteiger partial charge in [0.2, 0.25) is 0 Å². The van der Waals surface area contributed by atoms with Crippen molar-refractivity contribution in [1.29, 1.82) is 0 Å². The molecule has 0 aromatic heterocycles. The highest BCUT2D eigenvalue weighted by Gasteiger charge is 2.48. The lowest BCUT2D eigenvalue weighted by molar-refractivity contribution is -0.144. The lowest BCUT2D eigenvalue weighted by Gasteiger charge is -2.26. The van der Waals surface area contributed by atoms with E-state index in [0.717, 1.165) is 22.3 Å². The average molecular weight is 479 g/mol. The van der Waals surface area contributed by atoms with Crippen LogP contribution >= 0.6 is 0 Å². The van der Waals surface area contributed by atoms with Crippen LogP contribution in [-0.4, -0.2) is 66.4 Å². The molecule has 35 heavy (non-hydrogen) atoms. The highest BCUT2D eigenvalue weighted by atomic mass is 16.6. The van der Waals surface area contributed by atoms with E-state index >= 15 is 0 Å². The first-order valence-corrected chi connectivity index (χ1v) is 12.0. The molecule has 8 heteroatoms. The first-order valence-electron chi connectivity index (χ1n) is 12.0. The molecule has 1 aliphatic carbocycles. The predicted molar refractivity (Wildman–Crippen MR) is 128 cm³/mol. The van der Waals surface area contributed by atoms with E-state index < -0.39 is 35.5 Å². The monoisotopic (exact) mass is 478 g/mol. The summed E-state index contributed by atoms with van der Waals surface area (Å²) in [5, 5.41) is 12.3. The third-order valence-electron chi connectivity index (χ3n) is 7.54. The summed E-state index contributed by atoms with van der Waals surface area (Å²) >= 11 is 0. The molecule has 0 saturated carbocycles. The van der Waals surface area contributed by atoms with Gasteiger partial charge in [-0.25, -0.2) is 4.79 Å². The predicted octanol–water partition coefficient (Wildman–Crippen LogP) is 3.25. The molecular weight excluding hydrogens is 448 g/mol. The third-order valence-corrected chi connectivity index (χ3v) is 7.54. The first kappa shape index (κ1) is 23.4. The second-order valence-corrected chi connectivity index (χ2v) is 10.3. The fraction of sp³-hybridized carbons (Fsp3) is 0.444. The van der Waals surface area contributed by atoms with Crippen LogP contribution in [0.2, 0.25) is 0 Å². The smallest absolute Gasteiger partial charge is 0.407 e. The second kappa shape index (κ2) is 9.00. The number of fused-ring (bicyclic) bond motifs is 3. The summed E-state index contributed by atoms with van der Waals surface area (Å²) in [6, 6.07) is 15.7. The molecule has 2 N–H and O–H groups in total. The van der Waals surface area contributed by atoms with Crippen molar-refractivity contribution in [3.05, 3.63) is 59.7 Å². The normalized spacial score (nSPS) is 24.6.